The maximum atomic E-state index is 12.4. The van der Waals surface area contributed by atoms with Crippen LogP contribution in [0.4, 0.5) is 0 Å². The molecule has 0 bridgehead atoms. The monoisotopic (exact) mass is 346 g/mol. The van der Waals surface area contributed by atoms with Gasteiger partial charge < -0.3 is 4.74 Å². The lowest BCUT2D eigenvalue weighted by molar-refractivity contribution is 0.0531. The summed E-state index contributed by atoms with van der Waals surface area (Å²) in [5, 5.41) is 4.69. The summed E-state index contributed by atoms with van der Waals surface area (Å²) in [6, 6.07) is 0. The molecule has 4 nitrogen and oxygen atoms in total. The molecule has 1 aliphatic carbocycles. The van der Waals surface area contributed by atoms with E-state index in [2.05, 4.69) is 18.2 Å². The Morgan fingerprint density at radius 2 is 2.12 bits per heavy atom. The van der Waals surface area contributed by atoms with E-state index in [1.54, 1.807) is 11.3 Å². The SMILES string of the molecule is CCCCCCc1sc(C(=O)OCC)c2c1-c1nn(C)cc1CC2. The molecular formula is C19H26N2O2S. The summed E-state index contributed by atoms with van der Waals surface area (Å²) in [4.78, 5) is 14.5. The summed E-state index contributed by atoms with van der Waals surface area (Å²) >= 11 is 1.63. The maximum absolute atomic E-state index is 12.4. The number of thiophene rings is 1. The van der Waals surface area contributed by atoms with Crippen LogP contribution in [0, 0.1) is 0 Å². The number of aromatic nitrogens is 2. The van der Waals surface area contributed by atoms with Crippen molar-refractivity contribution in [2.45, 2.75) is 58.8 Å². The topological polar surface area (TPSA) is 44.1 Å². The van der Waals surface area contributed by atoms with Gasteiger partial charge in [0.2, 0.25) is 0 Å². The van der Waals surface area contributed by atoms with Gasteiger partial charge >= 0.3 is 5.97 Å². The molecule has 0 spiro atoms. The van der Waals surface area contributed by atoms with Gasteiger partial charge in [0.25, 0.3) is 0 Å². The van der Waals surface area contributed by atoms with E-state index < -0.39 is 0 Å². The number of fused-ring (bicyclic) bond motifs is 3. The Labute approximate surface area is 147 Å². The third kappa shape index (κ3) is 3.27. The summed E-state index contributed by atoms with van der Waals surface area (Å²) in [6.07, 6.45) is 9.93. The lowest BCUT2D eigenvalue weighted by Gasteiger charge is -2.14. The molecule has 0 aromatic carbocycles. The predicted molar refractivity (Wildman–Crippen MR) is 97.7 cm³/mol. The number of nitrogens with zero attached hydrogens (tertiary/aromatic N) is 2. The molecule has 130 valence electrons. The van der Waals surface area contributed by atoms with Gasteiger partial charge in [0.05, 0.1) is 12.3 Å². The number of unbranched alkanes of at least 4 members (excludes halogenated alkanes) is 3. The van der Waals surface area contributed by atoms with E-state index in [0.717, 1.165) is 35.4 Å². The molecule has 24 heavy (non-hydrogen) atoms. The Hall–Kier alpha value is -1.62. The molecule has 1 aliphatic rings. The summed E-state index contributed by atoms with van der Waals surface area (Å²) in [5.74, 6) is -0.169. The summed E-state index contributed by atoms with van der Waals surface area (Å²) in [5.41, 5.74) is 4.76. The molecule has 0 atom stereocenters. The van der Waals surface area contributed by atoms with E-state index in [0.29, 0.717) is 6.61 Å². The first-order valence-corrected chi connectivity index (χ1v) is 9.81. The van der Waals surface area contributed by atoms with Crippen LogP contribution in [0.2, 0.25) is 0 Å². The highest BCUT2D eigenvalue weighted by molar-refractivity contribution is 7.14. The zero-order chi connectivity index (χ0) is 17.1. The second kappa shape index (κ2) is 7.51. The molecule has 3 rings (SSSR count). The number of ether oxygens (including phenoxy) is 1. The molecular weight excluding hydrogens is 320 g/mol. The van der Waals surface area contributed by atoms with Crippen LogP contribution in [0.5, 0.6) is 0 Å². The zero-order valence-corrected chi connectivity index (χ0v) is 15.7. The molecule has 2 heterocycles. The largest absolute Gasteiger partial charge is 0.462 e. The molecule has 2 aromatic heterocycles. The molecule has 0 amide bonds. The summed E-state index contributed by atoms with van der Waals surface area (Å²) < 4.78 is 7.18. The van der Waals surface area contributed by atoms with Crippen molar-refractivity contribution in [3.63, 3.8) is 0 Å². The van der Waals surface area contributed by atoms with E-state index in [4.69, 9.17) is 4.74 Å². The van der Waals surface area contributed by atoms with Crippen LogP contribution in [0.25, 0.3) is 11.3 Å². The minimum atomic E-state index is -0.169. The van der Waals surface area contributed by atoms with Crippen LogP contribution >= 0.6 is 11.3 Å². The van der Waals surface area contributed by atoms with Crippen LogP contribution in [-0.4, -0.2) is 22.4 Å². The predicted octanol–water partition coefficient (Wildman–Crippen LogP) is 4.55. The van der Waals surface area contributed by atoms with Crippen LogP contribution < -0.4 is 0 Å². The van der Waals surface area contributed by atoms with Crippen LogP contribution in [0.15, 0.2) is 6.20 Å². The van der Waals surface area contributed by atoms with Crippen molar-refractivity contribution in [3.8, 4) is 11.3 Å². The Bertz CT molecular complexity index is 730. The first-order valence-electron chi connectivity index (χ1n) is 9.00. The number of rotatable bonds is 7. The van der Waals surface area contributed by atoms with Crippen LogP contribution in [0.3, 0.4) is 0 Å². The van der Waals surface area contributed by atoms with E-state index in [9.17, 15) is 4.79 Å². The van der Waals surface area contributed by atoms with Crippen molar-refractivity contribution in [1.82, 2.24) is 9.78 Å². The highest BCUT2D eigenvalue weighted by atomic mass is 32.1. The van der Waals surface area contributed by atoms with Gasteiger partial charge in [0, 0.05) is 23.7 Å². The fourth-order valence-electron chi connectivity index (χ4n) is 3.47. The normalized spacial score (nSPS) is 12.8. The maximum Gasteiger partial charge on any atom is 0.348 e. The fraction of sp³-hybridized carbons (Fsp3) is 0.579. The quantitative estimate of drug-likeness (QED) is 0.546. The fourth-order valence-corrected chi connectivity index (χ4v) is 4.76. The van der Waals surface area contributed by atoms with E-state index in [1.165, 1.54) is 41.7 Å². The highest BCUT2D eigenvalue weighted by Gasteiger charge is 2.30. The average molecular weight is 346 g/mol. The van der Waals surface area contributed by atoms with Crippen molar-refractivity contribution < 1.29 is 9.53 Å². The minimum Gasteiger partial charge on any atom is -0.462 e. The first kappa shape index (κ1) is 17.2. The van der Waals surface area contributed by atoms with Crippen molar-refractivity contribution >= 4 is 17.3 Å². The van der Waals surface area contributed by atoms with Gasteiger partial charge in [0.15, 0.2) is 0 Å². The zero-order valence-electron chi connectivity index (χ0n) is 14.9. The smallest absolute Gasteiger partial charge is 0.348 e. The number of hydrogen-bond acceptors (Lipinski definition) is 4. The average Bonchev–Trinajstić information content (AvgIpc) is 3.11. The van der Waals surface area contributed by atoms with Gasteiger partial charge in [0.1, 0.15) is 4.88 Å². The molecule has 0 aliphatic heterocycles. The highest BCUT2D eigenvalue weighted by Crippen LogP contribution is 2.42. The number of aryl methyl sites for hydroxylation is 3. The lowest BCUT2D eigenvalue weighted by Crippen LogP contribution is -2.09. The van der Waals surface area contributed by atoms with Crippen molar-refractivity contribution in [3.05, 3.63) is 27.1 Å². The Morgan fingerprint density at radius 3 is 2.88 bits per heavy atom. The van der Waals surface area contributed by atoms with Gasteiger partial charge in [-0.3, -0.25) is 4.68 Å². The number of carbonyl (C=O) groups is 1. The summed E-state index contributed by atoms with van der Waals surface area (Å²) in [6.45, 7) is 4.51. The van der Waals surface area contributed by atoms with Gasteiger partial charge in [-0.05, 0) is 43.7 Å². The van der Waals surface area contributed by atoms with Crippen LogP contribution in [0.1, 0.15) is 65.2 Å². The van der Waals surface area contributed by atoms with Gasteiger partial charge in [-0.1, -0.05) is 26.2 Å². The second-order valence-electron chi connectivity index (χ2n) is 6.42. The lowest BCUT2D eigenvalue weighted by atomic mass is 9.90. The van der Waals surface area contributed by atoms with Crippen LogP contribution in [-0.2, 0) is 31.0 Å². The molecule has 2 aromatic rings. The Balaban J connectivity index is 1.97. The third-order valence-corrected chi connectivity index (χ3v) is 5.86. The molecule has 0 saturated heterocycles. The summed E-state index contributed by atoms with van der Waals surface area (Å²) in [7, 11) is 1.97. The van der Waals surface area contributed by atoms with E-state index in [-0.39, 0.29) is 5.97 Å². The van der Waals surface area contributed by atoms with E-state index >= 15 is 0 Å². The molecule has 0 N–H and O–H groups in total. The second-order valence-corrected chi connectivity index (χ2v) is 7.52. The molecule has 5 heteroatoms. The molecule has 0 saturated carbocycles. The van der Waals surface area contributed by atoms with E-state index in [1.807, 2.05) is 18.7 Å². The van der Waals surface area contributed by atoms with Gasteiger partial charge in [-0.2, -0.15) is 5.10 Å². The molecule has 0 unspecified atom stereocenters. The molecule has 0 fully saturated rings. The third-order valence-electron chi connectivity index (χ3n) is 4.58. The number of esters is 1. The minimum absolute atomic E-state index is 0.169. The Morgan fingerprint density at radius 1 is 1.29 bits per heavy atom. The number of hydrogen-bond donors (Lipinski definition) is 0. The standard InChI is InChI=1S/C19H26N2O2S/c1-4-6-7-8-9-15-16-14(18(24-15)19(22)23-5-2)11-10-13-12-21(3)20-17(13)16/h12H,4-11H2,1-3H3. The number of carbonyl (C=O) groups excluding carboxylic acids is 1. The van der Waals surface area contributed by atoms with Gasteiger partial charge in [-0.25, -0.2) is 4.79 Å². The first-order chi connectivity index (χ1) is 11.7. The van der Waals surface area contributed by atoms with Crippen molar-refractivity contribution in [2.75, 3.05) is 6.61 Å². The van der Waals surface area contributed by atoms with Gasteiger partial charge in [-0.15, -0.1) is 11.3 Å². The Kier molecular flexibility index (Phi) is 5.39. The van der Waals surface area contributed by atoms with Crippen molar-refractivity contribution in [2.24, 2.45) is 7.05 Å². The molecule has 0 radical (unpaired) electrons. The van der Waals surface area contributed by atoms with Crippen molar-refractivity contribution in [1.29, 1.82) is 0 Å².